The largest absolute Gasteiger partial charge is 0.472 e. The molecule has 0 aromatic carbocycles. The van der Waals surface area contributed by atoms with E-state index in [2.05, 4.69) is 29.9 Å². The molecular formula is C20H23N9O12P2. The summed E-state index contributed by atoms with van der Waals surface area (Å²) < 4.78 is 61.7. The lowest BCUT2D eigenvalue weighted by Gasteiger charge is -2.25. The molecule has 3 saturated heterocycles. The van der Waals surface area contributed by atoms with Gasteiger partial charge in [-0.25, -0.2) is 34.0 Å². The average Bonchev–Trinajstić information content (AvgIpc) is 3.72. The molecule has 0 saturated carbocycles. The Kier molecular flexibility index (Phi) is 6.95. The van der Waals surface area contributed by atoms with E-state index in [1.807, 2.05) is 0 Å². The number of hydrogen-bond acceptors (Lipinski definition) is 16. The minimum Gasteiger partial charge on any atom is -0.387 e. The zero-order valence-electron chi connectivity index (χ0n) is 21.6. The second kappa shape index (κ2) is 10.5. The molecule has 43 heavy (non-hydrogen) atoms. The van der Waals surface area contributed by atoms with E-state index in [1.54, 1.807) is 0 Å². The van der Waals surface area contributed by atoms with Crippen molar-refractivity contribution < 1.29 is 51.6 Å². The second-order valence-electron chi connectivity index (χ2n) is 9.80. The molecule has 3 fully saturated rings. The van der Waals surface area contributed by atoms with Crippen molar-refractivity contribution in [2.24, 2.45) is 0 Å². The molecular weight excluding hydrogens is 620 g/mol. The first kappa shape index (κ1) is 28.6. The maximum atomic E-state index is 13.1. The summed E-state index contributed by atoms with van der Waals surface area (Å²) in [6, 6.07) is 0. The molecule has 4 aromatic rings. The molecule has 9 atom stereocenters. The predicted octanol–water partition coefficient (Wildman–Crippen LogP) is -0.894. The molecule has 7 rings (SSSR count). The highest BCUT2D eigenvalue weighted by Gasteiger charge is 2.52. The van der Waals surface area contributed by atoms with E-state index in [0.717, 1.165) is 12.7 Å². The fourth-order valence-electron chi connectivity index (χ4n) is 5.18. The molecule has 3 aliphatic rings. The smallest absolute Gasteiger partial charge is 0.387 e. The molecule has 230 valence electrons. The van der Waals surface area contributed by atoms with Gasteiger partial charge >= 0.3 is 15.6 Å². The van der Waals surface area contributed by atoms with Gasteiger partial charge in [0.1, 0.15) is 48.6 Å². The number of hydrogen-bond donors (Lipinski definition) is 5. The van der Waals surface area contributed by atoms with Crippen LogP contribution in [-0.2, 0) is 36.7 Å². The van der Waals surface area contributed by atoms with Crippen LogP contribution in [0.5, 0.6) is 0 Å². The highest BCUT2D eigenvalue weighted by atomic mass is 31.2. The van der Waals surface area contributed by atoms with Crippen LogP contribution in [0.4, 0.5) is 5.82 Å². The van der Waals surface area contributed by atoms with Crippen LogP contribution < -0.4 is 11.3 Å². The van der Waals surface area contributed by atoms with Crippen molar-refractivity contribution in [3.05, 3.63) is 35.7 Å². The highest BCUT2D eigenvalue weighted by molar-refractivity contribution is 7.47. The minimum atomic E-state index is -4.98. The number of nitrogens with zero attached hydrogens (tertiary/aromatic N) is 7. The molecule has 3 aliphatic heterocycles. The van der Waals surface area contributed by atoms with Crippen molar-refractivity contribution in [2.75, 3.05) is 18.9 Å². The number of aliphatic hydroxyl groups excluding tert-OH is 1. The van der Waals surface area contributed by atoms with E-state index in [-0.39, 0.29) is 23.4 Å². The summed E-state index contributed by atoms with van der Waals surface area (Å²) in [6.07, 6.45) is -4.48. The lowest BCUT2D eigenvalue weighted by atomic mass is 10.1. The first-order chi connectivity index (χ1) is 20.5. The molecule has 6 unspecified atom stereocenters. The Hall–Kier alpha value is -3.20. The third kappa shape index (κ3) is 5.17. The van der Waals surface area contributed by atoms with E-state index in [1.165, 1.54) is 21.8 Å². The Balaban J connectivity index is 1.18. The molecule has 21 nitrogen and oxygen atoms in total. The first-order valence-corrected chi connectivity index (χ1v) is 15.6. The molecule has 7 heterocycles. The van der Waals surface area contributed by atoms with Crippen LogP contribution in [0.3, 0.4) is 0 Å². The van der Waals surface area contributed by atoms with Crippen LogP contribution in [0, 0.1) is 0 Å². The number of aliphatic hydroxyl groups is 1. The Labute approximate surface area is 238 Å². The molecule has 23 heteroatoms. The van der Waals surface area contributed by atoms with Crippen molar-refractivity contribution in [3.63, 3.8) is 0 Å². The average molecular weight is 643 g/mol. The van der Waals surface area contributed by atoms with Crippen molar-refractivity contribution >= 4 is 43.8 Å². The standard InChI is InChI=1S/C20H23N9O12P2/c21-16-12-17(23-4-22-16)28(6-26-12)11-1-8-9(38-11)2-36-43(34,35)41-15-14(30)10(3-37-42(32,33)40-8)39-20(15)29-7-27-13-18(29)24-5-25-19(13)31/h4-11,14-15,20,30H,1-3H2,(H,32,33)(H,34,35)(H2,21,22,23)(H,24,25,31)/t8-,9?,10?,11?,14+,15+,20?/m0/s1. The normalized spacial score (nSPS) is 37.1. The quantitative estimate of drug-likeness (QED) is 0.165. The van der Waals surface area contributed by atoms with Gasteiger partial charge in [0.15, 0.2) is 28.9 Å². The summed E-state index contributed by atoms with van der Waals surface area (Å²) in [7, 11) is -9.82. The summed E-state index contributed by atoms with van der Waals surface area (Å²) in [5.74, 6) is 0.124. The number of nitrogens with two attached hydrogens (primary N) is 1. The maximum Gasteiger partial charge on any atom is 0.472 e. The van der Waals surface area contributed by atoms with Gasteiger partial charge in [0.25, 0.3) is 5.56 Å². The van der Waals surface area contributed by atoms with Gasteiger partial charge < -0.3 is 35.1 Å². The monoisotopic (exact) mass is 643 g/mol. The van der Waals surface area contributed by atoms with E-state index in [4.69, 9.17) is 33.3 Å². The van der Waals surface area contributed by atoms with Crippen molar-refractivity contribution in [3.8, 4) is 0 Å². The second-order valence-corrected chi connectivity index (χ2v) is 12.6. The number of nitrogen functional groups attached to an aromatic ring is 1. The van der Waals surface area contributed by atoms with E-state index in [9.17, 15) is 28.8 Å². The van der Waals surface area contributed by atoms with Crippen molar-refractivity contribution in [1.29, 1.82) is 0 Å². The van der Waals surface area contributed by atoms with E-state index < -0.39 is 77.4 Å². The van der Waals surface area contributed by atoms with Gasteiger partial charge in [0.2, 0.25) is 0 Å². The number of nitrogens with one attached hydrogen (secondary N) is 1. The minimum absolute atomic E-state index is 0.00869. The summed E-state index contributed by atoms with van der Waals surface area (Å²) in [5, 5.41) is 11.0. The van der Waals surface area contributed by atoms with Crippen molar-refractivity contribution in [1.82, 2.24) is 39.0 Å². The Bertz CT molecular complexity index is 1850. The van der Waals surface area contributed by atoms with E-state index >= 15 is 0 Å². The fourth-order valence-corrected chi connectivity index (χ4v) is 7.07. The highest BCUT2D eigenvalue weighted by Crippen LogP contribution is 2.53. The number of aromatic amines is 1. The third-order valence-corrected chi connectivity index (χ3v) is 9.16. The SMILES string of the molecule is Nc1ncnc2c1ncn2C1C[C@@H]2OP(=O)(O)OCC3OC(n4cnc5c(=O)[nH]cnc54)[C@H](OP(=O)(O)OCC2O1)[C@@H]3O. The van der Waals surface area contributed by atoms with Gasteiger partial charge in [-0.1, -0.05) is 0 Å². The van der Waals surface area contributed by atoms with Crippen molar-refractivity contribution in [2.45, 2.75) is 49.4 Å². The first-order valence-electron chi connectivity index (χ1n) is 12.6. The molecule has 4 aromatic heterocycles. The lowest BCUT2D eigenvalue weighted by molar-refractivity contribution is -0.0670. The van der Waals surface area contributed by atoms with Crippen LogP contribution in [-0.4, -0.2) is 97.7 Å². The number of fused-ring (bicyclic) bond motifs is 5. The van der Waals surface area contributed by atoms with Crippen LogP contribution in [0.2, 0.25) is 0 Å². The topological polar surface area (TPSA) is 283 Å². The zero-order chi connectivity index (χ0) is 30.1. The van der Waals surface area contributed by atoms with Crippen LogP contribution in [0.1, 0.15) is 18.9 Å². The fraction of sp³-hybridized carbons (Fsp3) is 0.500. The zero-order valence-corrected chi connectivity index (χ0v) is 23.4. The molecule has 0 spiro atoms. The number of phosphoric acid groups is 2. The Morgan fingerprint density at radius 2 is 1.58 bits per heavy atom. The number of ether oxygens (including phenoxy) is 2. The summed E-state index contributed by atoms with van der Waals surface area (Å²) in [5.41, 5.74) is 5.82. The third-order valence-electron chi connectivity index (χ3n) is 7.16. The van der Waals surface area contributed by atoms with Gasteiger partial charge in [0, 0.05) is 6.42 Å². The number of rotatable bonds is 2. The number of imidazole rings is 2. The molecule has 6 N–H and O–H groups in total. The molecule has 0 radical (unpaired) electrons. The number of H-pyrrole nitrogens is 1. The van der Waals surface area contributed by atoms with Crippen LogP contribution in [0.25, 0.3) is 22.3 Å². The van der Waals surface area contributed by atoms with E-state index in [0.29, 0.717) is 11.2 Å². The molecule has 0 amide bonds. The number of aromatic nitrogens is 8. The molecule has 2 bridgehead atoms. The maximum absolute atomic E-state index is 13.1. The summed E-state index contributed by atoms with van der Waals surface area (Å²) in [6.45, 7) is -1.35. The number of phosphoric ester groups is 2. The van der Waals surface area contributed by atoms with Crippen LogP contribution >= 0.6 is 15.6 Å². The Morgan fingerprint density at radius 1 is 0.884 bits per heavy atom. The molecule has 0 aliphatic carbocycles. The number of anilines is 1. The lowest BCUT2D eigenvalue weighted by Crippen LogP contribution is -2.35. The van der Waals surface area contributed by atoms with Crippen LogP contribution in [0.15, 0.2) is 30.1 Å². The van der Waals surface area contributed by atoms with Gasteiger partial charge in [-0.15, -0.1) is 0 Å². The van der Waals surface area contributed by atoms with Gasteiger partial charge in [-0.2, -0.15) is 0 Å². The summed E-state index contributed by atoms with van der Waals surface area (Å²) >= 11 is 0. The van der Waals surface area contributed by atoms with Gasteiger partial charge in [-0.05, 0) is 0 Å². The Morgan fingerprint density at radius 3 is 2.40 bits per heavy atom. The summed E-state index contributed by atoms with van der Waals surface area (Å²) in [4.78, 5) is 56.0. The predicted molar refractivity (Wildman–Crippen MR) is 138 cm³/mol. The van der Waals surface area contributed by atoms with Gasteiger partial charge in [-0.3, -0.25) is 32.0 Å². The van der Waals surface area contributed by atoms with Gasteiger partial charge in [0.05, 0.1) is 32.2 Å².